The molecule has 2 aromatic carbocycles. The van der Waals surface area contributed by atoms with Crippen LogP contribution < -0.4 is 24.8 Å². The minimum absolute atomic E-state index is 0.0146. The Morgan fingerprint density at radius 1 is 1.00 bits per heavy atom. The van der Waals surface area contributed by atoms with Crippen LogP contribution >= 0.6 is 0 Å². The standard InChI is InChI=1S/C27H33N3O6/c1-4-17(2)28-26(32)24(29-25(31)20-7-10-22-23(15-20)36-16-35-22)18-11-13-30(14-12-18)27(33)19-5-8-21(34-3)9-6-19/h5-10,15,17-18,24H,4,11-14,16H2,1-3H3,(H,28,32)(H,29,31)/t17-,24-/m1/s1. The average Bonchev–Trinajstić information content (AvgIpc) is 3.39. The summed E-state index contributed by atoms with van der Waals surface area (Å²) >= 11 is 0. The minimum Gasteiger partial charge on any atom is -0.497 e. The van der Waals surface area contributed by atoms with E-state index in [1.54, 1.807) is 54.5 Å². The highest BCUT2D eigenvalue weighted by atomic mass is 16.7. The van der Waals surface area contributed by atoms with E-state index in [1.807, 2.05) is 13.8 Å². The largest absolute Gasteiger partial charge is 0.497 e. The van der Waals surface area contributed by atoms with Gasteiger partial charge in [0.2, 0.25) is 12.7 Å². The van der Waals surface area contributed by atoms with Crippen molar-refractivity contribution < 1.29 is 28.6 Å². The van der Waals surface area contributed by atoms with Gasteiger partial charge in [0.05, 0.1) is 7.11 Å². The number of fused-ring (bicyclic) bond motifs is 1. The molecule has 2 aliphatic rings. The van der Waals surface area contributed by atoms with Gasteiger partial charge in [-0.05, 0) is 74.6 Å². The van der Waals surface area contributed by atoms with Crippen LogP contribution in [0.4, 0.5) is 0 Å². The first-order valence-corrected chi connectivity index (χ1v) is 12.3. The molecule has 9 heteroatoms. The molecular formula is C27H33N3O6. The fourth-order valence-corrected chi connectivity index (χ4v) is 4.45. The van der Waals surface area contributed by atoms with Gasteiger partial charge in [0.1, 0.15) is 11.8 Å². The Labute approximate surface area is 211 Å². The molecule has 2 atom stereocenters. The lowest BCUT2D eigenvalue weighted by molar-refractivity contribution is -0.125. The molecule has 2 aliphatic heterocycles. The summed E-state index contributed by atoms with van der Waals surface area (Å²) in [6, 6.07) is 11.3. The van der Waals surface area contributed by atoms with E-state index >= 15 is 0 Å². The van der Waals surface area contributed by atoms with Crippen molar-refractivity contribution in [3.05, 3.63) is 53.6 Å². The summed E-state index contributed by atoms with van der Waals surface area (Å²) in [7, 11) is 1.58. The zero-order valence-electron chi connectivity index (χ0n) is 20.9. The first kappa shape index (κ1) is 25.3. The van der Waals surface area contributed by atoms with E-state index in [2.05, 4.69) is 10.6 Å². The fraction of sp³-hybridized carbons (Fsp3) is 0.444. The lowest BCUT2D eigenvalue weighted by atomic mass is 9.88. The second-order valence-corrected chi connectivity index (χ2v) is 9.20. The molecule has 4 rings (SSSR count). The zero-order chi connectivity index (χ0) is 25.7. The third-order valence-corrected chi connectivity index (χ3v) is 6.84. The van der Waals surface area contributed by atoms with E-state index < -0.39 is 6.04 Å². The third kappa shape index (κ3) is 5.72. The number of amides is 3. The van der Waals surface area contributed by atoms with Crippen molar-refractivity contribution in [2.75, 3.05) is 27.0 Å². The monoisotopic (exact) mass is 495 g/mol. The number of hydrogen-bond acceptors (Lipinski definition) is 6. The Morgan fingerprint density at radius 3 is 2.33 bits per heavy atom. The lowest BCUT2D eigenvalue weighted by Crippen LogP contribution is -2.55. The van der Waals surface area contributed by atoms with Gasteiger partial charge in [-0.2, -0.15) is 0 Å². The van der Waals surface area contributed by atoms with E-state index in [4.69, 9.17) is 14.2 Å². The molecule has 2 N–H and O–H groups in total. The Hall–Kier alpha value is -3.75. The van der Waals surface area contributed by atoms with Gasteiger partial charge in [0, 0.05) is 30.3 Å². The van der Waals surface area contributed by atoms with E-state index in [1.165, 1.54) is 0 Å². The summed E-state index contributed by atoms with van der Waals surface area (Å²) in [5, 5.41) is 5.95. The topological polar surface area (TPSA) is 106 Å². The SMILES string of the molecule is CC[C@@H](C)NC(=O)[C@H](NC(=O)c1ccc2c(c1)OCO2)C1CCN(C(=O)c2ccc(OC)cc2)CC1. The van der Waals surface area contributed by atoms with Gasteiger partial charge in [0.15, 0.2) is 11.5 Å². The Kier molecular flexibility index (Phi) is 7.97. The van der Waals surface area contributed by atoms with Crippen LogP contribution in [-0.4, -0.2) is 61.7 Å². The van der Waals surface area contributed by atoms with Crippen molar-refractivity contribution in [2.45, 2.75) is 45.2 Å². The van der Waals surface area contributed by atoms with E-state index in [9.17, 15) is 14.4 Å². The second-order valence-electron chi connectivity index (χ2n) is 9.20. The molecule has 1 fully saturated rings. The van der Waals surface area contributed by atoms with Crippen LogP contribution in [0.15, 0.2) is 42.5 Å². The summed E-state index contributed by atoms with van der Waals surface area (Å²) in [6.07, 6.45) is 1.98. The fourth-order valence-electron chi connectivity index (χ4n) is 4.45. The van der Waals surface area contributed by atoms with E-state index in [-0.39, 0.29) is 36.5 Å². The Bertz CT molecular complexity index is 1100. The predicted octanol–water partition coefficient (Wildman–Crippen LogP) is 2.99. The number of nitrogens with zero attached hydrogens (tertiary/aromatic N) is 1. The zero-order valence-corrected chi connectivity index (χ0v) is 20.9. The van der Waals surface area contributed by atoms with Crippen LogP contribution in [0.5, 0.6) is 17.2 Å². The number of rotatable bonds is 8. The summed E-state index contributed by atoms with van der Waals surface area (Å²) in [6.45, 7) is 5.05. The van der Waals surface area contributed by atoms with E-state index in [0.717, 1.165) is 6.42 Å². The maximum Gasteiger partial charge on any atom is 0.253 e. The number of likely N-dealkylation sites (tertiary alicyclic amines) is 1. The molecule has 2 heterocycles. The Balaban J connectivity index is 1.44. The number of nitrogens with one attached hydrogen (secondary N) is 2. The highest BCUT2D eigenvalue weighted by Gasteiger charge is 2.35. The molecule has 2 aromatic rings. The molecule has 0 bridgehead atoms. The Morgan fingerprint density at radius 2 is 1.67 bits per heavy atom. The summed E-state index contributed by atoms with van der Waals surface area (Å²) in [5.74, 6) is 1.07. The van der Waals surface area contributed by atoms with Gasteiger partial charge in [-0.25, -0.2) is 0 Å². The summed E-state index contributed by atoms with van der Waals surface area (Å²) in [4.78, 5) is 41.1. The molecule has 1 saturated heterocycles. The third-order valence-electron chi connectivity index (χ3n) is 6.84. The van der Waals surface area contributed by atoms with Gasteiger partial charge in [-0.15, -0.1) is 0 Å². The number of carbonyl (C=O) groups is 3. The summed E-state index contributed by atoms with van der Waals surface area (Å²) < 4.78 is 15.9. The van der Waals surface area contributed by atoms with Crippen LogP contribution in [0.3, 0.4) is 0 Å². The average molecular weight is 496 g/mol. The smallest absolute Gasteiger partial charge is 0.253 e. The van der Waals surface area contributed by atoms with Crippen molar-refractivity contribution in [3.63, 3.8) is 0 Å². The molecule has 0 aliphatic carbocycles. The molecule has 36 heavy (non-hydrogen) atoms. The molecule has 0 saturated carbocycles. The highest BCUT2D eigenvalue weighted by molar-refractivity contribution is 5.98. The second kappa shape index (κ2) is 11.3. The van der Waals surface area contributed by atoms with Crippen LogP contribution in [-0.2, 0) is 4.79 Å². The normalized spacial score (nSPS) is 16.7. The van der Waals surface area contributed by atoms with Crippen molar-refractivity contribution in [1.82, 2.24) is 15.5 Å². The molecule has 0 unspecified atom stereocenters. The quantitative estimate of drug-likeness (QED) is 0.583. The predicted molar refractivity (Wildman–Crippen MR) is 133 cm³/mol. The first-order valence-electron chi connectivity index (χ1n) is 12.3. The van der Waals surface area contributed by atoms with Gasteiger partial charge < -0.3 is 29.7 Å². The minimum atomic E-state index is -0.713. The number of piperidine rings is 1. The van der Waals surface area contributed by atoms with Crippen molar-refractivity contribution in [1.29, 1.82) is 0 Å². The number of carbonyl (C=O) groups excluding carboxylic acids is 3. The van der Waals surface area contributed by atoms with Crippen molar-refractivity contribution in [3.8, 4) is 17.2 Å². The maximum absolute atomic E-state index is 13.2. The molecule has 192 valence electrons. The molecule has 9 nitrogen and oxygen atoms in total. The molecule has 3 amide bonds. The van der Waals surface area contributed by atoms with Gasteiger partial charge in [-0.3, -0.25) is 14.4 Å². The molecule has 0 spiro atoms. The maximum atomic E-state index is 13.2. The van der Waals surface area contributed by atoms with Crippen molar-refractivity contribution in [2.24, 2.45) is 5.92 Å². The molecule has 0 aromatic heterocycles. The van der Waals surface area contributed by atoms with Crippen molar-refractivity contribution >= 4 is 17.7 Å². The van der Waals surface area contributed by atoms with Crippen LogP contribution in [0.25, 0.3) is 0 Å². The van der Waals surface area contributed by atoms with E-state index in [0.29, 0.717) is 54.3 Å². The van der Waals surface area contributed by atoms with Crippen LogP contribution in [0, 0.1) is 5.92 Å². The summed E-state index contributed by atoms with van der Waals surface area (Å²) in [5.41, 5.74) is 0.990. The van der Waals surface area contributed by atoms with Gasteiger partial charge in [0.25, 0.3) is 11.8 Å². The molecule has 0 radical (unpaired) electrons. The highest BCUT2D eigenvalue weighted by Crippen LogP contribution is 2.32. The van der Waals surface area contributed by atoms with Crippen LogP contribution in [0.2, 0.25) is 0 Å². The number of hydrogen-bond donors (Lipinski definition) is 2. The number of ether oxygens (including phenoxy) is 3. The number of benzene rings is 2. The first-order chi connectivity index (χ1) is 17.4. The lowest BCUT2D eigenvalue weighted by Gasteiger charge is -2.36. The van der Waals surface area contributed by atoms with Crippen LogP contribution in [0.1, 0.15) is 53.8 Å². The number of methoxy groups -OCH3 is 1. The van der Waals surface area contributed by atoms with Gasteiger partial charge in [-0.1, -0.05) is 6.92 Å². The van der Waals surface area contributed by atoms with Gasteiger partial charge >= 0.3 is 0 Å². The molecular weight excluding hydrogens is 462 g/mol.